The zero-order chi connectivity index (χ0) is 73.3. The normalized spacial score (nSPS) is 16.0. The molecule has 13 atom stereocenters. The standard InChI is InChI=1S/C66H119N11O16S/c1-27-29-30-42(13)56(93-47(18)79)55(60(83)70-48(28-2)66(89)92-32-31-72(20)46(17)78)77(25)65(88)54(41(11)12)76(24)63(86)51(35-39(7)8)75(23)62(85)50(34-38(5)6)74(22)61(84)45(16)69-57(80)44(15)68-58(81)49(33-37(3)4)73(21)64(87)52(40(9)10)71-59(82)53(67-19)43(14)36-94(26,90)91/h27,29,37-45,48-56,67H,28,30-36H2,1-26H3,(H,68,81)(H,69,80)(H,70,83)(H,71,82)/b29-27+/t42-,43-,44+,45-,48+,49+,50+,51+,52+,53+,54+,55+,56-/m1/s1. The fourth-order valence-corrected chi connectivity index (χ4v) is 12.2. The van der Waals surface area contributed by atoms with Gasteiger partial charge in [0.2, 0.25) is 59.1 Å². The molecule has 0 fully saturated rings. The Bertz CT molecular complexity index is 2710. The van der Waals surface area contributed by atoms with Crippen LogP contribution >= 0.6 is 0 Å². The molecule has 0 bridgehead atoms. The zero-order valence-corrected chi connectivity index (χ0v) is 62.1. The van der Waals surface area contributed by atoms with E-state index in [1.165, 1.54) is 102 Å². The third-order valence-electron chi connectivity index (χ3n) is 16.7. The molecule has 28 heteroatoms. The Morgan fingerprint density at radius 3 is 1.41 bits per heavy atom. The second-order valence-corrected chi connectivity index (χ2v) is 29.5. The van der Waals surface area contributed by atoms with Gasteiger partial charge in [0.25, 0.3) is 0 Å². The van der Waals surface area contributed by atoms with Crippen LogP contribution in [0.2, 0.25) is 0 Å². The maximum absolute atomic E-state index is 15.2. The molecular formula is C66H119N11O16S. The van der Waals surface area contributed by atoms with Crippen molar-refractivity contribution in [3.8, 4) is 0 Å². The van der Waals surface area contributed by atoms with E-state index in [9.17, 15) is 51.6 Å². The average Bonchev–Trinajstić information content (AvgIpc) is 0.802. The number of esters is 2. The largest absolute Gasteiger partial charge is 0.462 e. The summed E-state index contributed by atoms with van der Waals surface area (Å²) >= 11 is 0. The van der Waals surface area contributed by atoms with Crippen LogP contribution in [0, 0.1) is 41.4 Å². The summed E-state index contributed by atoms with van der Waals surface area (Å²) in [6.45, 7) is 30.0. The van der Waals surface area contributed by atoms with Gasteiger partial charge in [0, 0.05) is 62.4 Å². The Kier molecular flexibility index (Phi) is 37.7. The van der Waals surface area contributed by atoms with E-state index in [-0.39, 0.29) is 68.2 Å². The van der Waals surface area contributed by atoms with Crippen LogP contribution in [0.25, 0.3) is 0 Å². The van der Waals surface area contributed by atoms with E-state index in [1.54, 1.807) is 61.5 Å². The highest BCUT2D eigenvalue weighted by Crippen LogP contribution is 2.27. The van der Waals surface area contributed by atoms with Gasteiger partial charge in [0.1, 0.15) is 76.9 Å². The highest BCUT2D eigenvalue weighted by Gasteiger charge is 2.46. The molecule has 27 nitrogen and oxygen atoms in total. The molecule has 0 aliphatic heterocycles. The van der Waals surface area contributed by atoms with Crippen molar-refractivity contribution in [2.75, 3.05) is 74.5 Å². The molecular weight excluding hydrogens is 1230 g/mol. The van der Waals surface area contributed by atoms with Crippen molar-refractivity contribution < 1.29 is 75.4 Å². The lowest BCUT2D eigenvalue weighted by Crippen LogP contribution is -2.63. The van der Waals surface area contributed by atoms with Crippen molar-refractivity contribution in [3.63, 3.8) is 0 Å². The molecule has 0 radical (unpaired) electrons. The molecule has 0 aliphatic carbocycles. The third-order valence-corrected chi connectivity index (χ3v) is 17.8. The summed E-state index contributed by atoms with van der Waals surface area (Å²) in [5.74, 6) is -11.1. The lowest BCUT2D eigenvalue weighted by atomic mass is 9.91. The average molecular weight is 1350 g/mol. The number of nitrogens with one attached hydrogen (secondary N) is 5. The molecule has 5 N–H and O–H groups in total. The molecule has 0 rings (SSSR count). The molecule has 0 aromatic carbocycles. The summed E-state index contributed by atoms with van der Waals surface area (Å²) in [6, 6.07) is -12.2. The van der Waals surface area contributed by atoms with E-state index >= 15 is 14.4 Å². The number of amides is 10. The molecule has 0 aliphatic rings. The van der Waals surface area contributed by atoms with Crippen LogP contribution in [0.3, 0.4) is 0 Å². The first-order chi connectivity index (χ1) is 43.3. The van der Waals surface area contributed by atoms with Gasteiger partial charge in [0.15, 0.2) is 0 Å². The van der Waals surface area contributed by atoms with E-state index in [2.05, 4.69) is 26.6 Å². The van der Waals surface area contributed by atoms with Gasteiger partial charge in [-0.05, 0) is 101 Å². The smallest absolute Gasteiger partial charge is 0.328 e. The second-order valence-electron chi connectivity index (χ2n) is 27.3. The summed E-state index contributed by atoms with van der Waals surface area (Å²) in [6.07, 6.45) is 4.13. The molecule has 0 heterocycles. The van der Waals surface area contributed by atoms with Crippen molar-refractivity contribution in [2.45, 2.75) is 223 Å². The number of allylic oxidation sites excluding steroid dienone is 2. The maximum Gasteiger partial charge on any atom is 0.328 e. The predicted molar refractivity (Wildman–Crippen MR) is 360 cm³/mol. The van der Waals surface area contributed by atoms with Crippen LogP contribution in [0.15, 0.2) is 12.2 Å². The Morgan fingerprint density at radius 2 is 0.979 bits per heavy atom. The summed E-state index contributed by atoms with van der Waals surface area (Å²) in [5, 5.41) is 13.6. The highest BCUT2D eigenvalue weighted by atomic mass is 32.2. The molecule has 0 spiro atoms. The fourth-order valence-electron chi connectivity index (χ4n) is 11.1. The Morgan fingerprint density at radius 1 is 0.511 bits per heavy atom. The molecule has 0 saturated heterocycles. The number of likely N-dealkylation sites (N-methyl/N-ethyl adjacent to an activating group) is 7. The highest BCUT2D eigenvalue weighted by molar-refractivity contribution is 7.90. The molecule has 540 valence electrons. The van der Waals surface area contributed by atoms with E-state index in [1.807, 2.05) is 47.6 Å². The van der Waals surface area contributed by atoms with Crippen molar-refractivity contribution in [1.29, 1.82) is 0 Å². The van der Waals surface area contributed by atoms with Gasteiger partial charge < -0.3 is 65.5 Å². The Labute approximate surface area is 561 Å². The monoisotopic (exact) mass is 1350 g/mol. The number of carbonyl (C=O) groups excluding carboxylic acids is 12. The lowest BCUT2D eigenvalue weighted by molar-refractivity contribution is -0.164. The van der Waals surface area contributed by atoms with Crippen molar-refractivity contribution >= 4 is 80.8 Å². The number of carbonyl (C=O) groups is 12. The molecule has 10 amide bonds. The number of nitrogens with zero attached hydrogens (tertiary/aromatic N) is 6. The summed E-state index contributed by atoms with van der Waals surface area (Å²) in [7, 11) is 6.63. The molecule has 0 aromatic heterocycles. The number of sulfone groups is 1. The van der Waals surface area contributed by atoms with Gasteiger partial charge in [-0.1, -0.05) is 102 Å². The van der Waals surface area contributed by atoms with Crippen molar-refractivity contribution in [1.82, 2.24) is 56.0 Å². The van der Waals surface area contributed by atoms with Crippen LogP contribution < -0.4 is 26.6 Å². The quantitative estimate of drug-likeness (QED) is 0.0435. The molecule has 0 saturated carbocycles. The SMILES string of the molecule is C/C=C/C[C@@H](C)[C@@H](OC(C)=O)[C@@H](C(=O)N[C@@H](CC)C(=O)OCCN(C)C(C)=O)N(C)C(=O)[C@H](C(C)C)N(C)C(=O)[C@H](CC(C)C)N(C)C(=O)[C@H](CC(C)C)N(C)C(=O)[C@@H](C)NC(=O)[C@H](C)NC(=O)[C@H](CC(C)C)N(C)C(=O)[C@@H](NC(=O)[C@@H](NC)[C@H](C)CS(C)(=O)=O)C(C)C. The van der Waals surface area contributed by atoms with E-state index in [0.29, 0.717) is 6.42 Å². The maximum atomic E-state index is 15.2. The van der Waals surface area contributed by atoms with Crippen LogP contribution in [0.4, 0.5) is 0 Å². The first-order valence-corrected chi connectivity index (χ1v) is 34.9. The van der Waals surface area contributed by atoms with E-state index < -0.39 is 165 Å². The number of rotatable bonds is 40. The first-order valence-electron chi connectivity index (χ1n) is 32.8. The van der Waals surface area contributed by atoms with Gasteiger partial charge in [0.05, 0.1) is 18.3 Å². The van der Waals surface area contributed by atoms with Gasteiger partial charge in [-0.15, -0.1) is 0 Å². The minimum Gasteiger partial charge on any atom is -0.462 e. The summed E-state index contributed by atoms with van der Waals surface area (Å²) in [4.78, 5) is 176. The minimum atomic E-state index is -3.45. The topological polar surface area (TPSA) is 337 Å². The van der Waals surface area contributed by atoms with Gasteiger partial charge in [-0.25, -0.2) is 13.2 Å². The Balaban J connectivity index is 7.14. The number of hydrogen-bond donors (Lipinski definition) is 5. The lowest BCUT2D eigenvalue weighted by Gasteiger charge is -2.42. The van der Waals surface area contributed by atoms with E-state index in [4.69, 9.17) is 9.47 Å². The van der Waals surface area contributed by atoms with Gasteiger partial charge in [-0.2, -0.15) is 0 Å². The second kappa shape index (κ2) is 40.6. The molecule has 94 heavy (non-hydrogen) atoms. The van der Waals surface area contributed by atoms with Crippen LogP contribution in [-0.2, 0) is 76.8 Å². The van der Waals surface area contributed by atoms with Crippen molar-refractivity contribution in [3.05, 3.63) is 12.2 Å². The van der Waals surface area contributed by atoms with Gasteiger partial charge in [-0.3, -0.25) is 52.7 Å². The van der Waals surface area contributed by atoms with Crippen LogP contribution in [-0.4, -0.2) is 250 Å². The van der Waals surface area contributed by atoms with Gasteiger partial charge >= 0.3 is 11.9 Å². The van der Waals surface area contributed by atoms with Crippen LogP contribution in [0.1, 0.15) is 157 Å². The van der Waals surface area contributed by atoms with Crippen LogP contribution in [0.5, 0.6) is 0 Å². The van der Waals surface area contributed by atoms with E-state index in [0.717, 1.165) is 11.2 Å². The summed E-state index contributed by atoms with van der Waals surface area (Å²) < 4.78 is 35.4. The first kappa shape index (κ1) is 87.3. The molecule has 0 unspecified atom stereocenters. The van der Waals surface area contributed by atoms with Crippen molar-refractivity contribution in [2.24, 2.45) is 41.4 Å². The number of ether oxygens (including phenoxy) is 2. The predicted octanol–water partition coefficient (Wildman–Crippen LogP) is 2.78. The fraction of sp³-hybridized carbons (Fsp3) is 0.788. The Hall–Kier alpha value is -6.71. The minimum absolute atomic E-state index is 0.0625. The zero-order valence-electron chi connectivity index (χ0n) is 61.3. The summed E-state index contributed by atoms with van der Waals surface area (Å²) in [5.41, 5.74) is 0. The number of hydrogen-bond acceptors (Lipinski definition) is 17. The third kappa shape index (κ3) is 27.6. The molecule has 0 aromatic rings.